The van der Waals surface area contributed by atoms with Crippen molar-refractivity contribution in [3.05, 3.63) is 40.7 Å². The zero-order valence-corrected chi connectivity index (χ0v) is 16.7. The summed E-state index contributed by atoms with van der Waals surface area (Å²) in [6.45, 7) is 6.61. The molecular formula is C20H32N2O4. The predicted octanol–water partition coefficient (Wildman–Crippen LogP) is 4.97. The Hall–Kier alpha value is -1.60. The highest BCUT2D eigenvalue weighted by Crippen LogP contribution is 2.36. The van der Waals surface area contributed by atoms with Crippen LogP contribution in [-0.4, -0.2) is 24.7 Å². The molecule has 0 radical (unpaired) electrons. The molecule has 1 aliphatic rings. The van der Waals surface area contributed by atoms with E-state index in [0.29, 0.717) is 5.82 Å². The summed E-state index contributed by atoms with van der Waals surface area (Å²) in [5.74, 6) is 0.634. The molecule has 0 aliphatic carbocycles. The van der Waals surface area contributed by atoms with Crippen LogP contribution in [0.2, 0.25) is 0 Å². The van der Waals surface area contributed by atoms with Crippen LogP contribution in [-0.2, 0) is 32.5 Å². The van der Waals surface area contributed by atoms with E-state index in [4.69, 9.17) is 19.7 Å². The summed E-state index contributed by atoms with van der Waals surface area (Å²) >= 11 is 0. The zero-order valence-electron chi connectivity index (χ0n) is 16.7. The molecular weight excluding hydrogens is 332 g/mol. The molecule has 1 saturated heterocycles. The van der Waals surface area contributed by atoms with Crippen LogP contribution in [0.5, 0.6) is 0 Å². The number of hydroxylamine groups is 4. The minimum absolute atomic E-state index is 0.634. The fourth-order valence-corrected chi connectivity index (χ4v) is 3.41. The van der Waals surface area contributed by atoms with E-state index in [1.165, 1.54) is 46.4 Å². The molecule has 2 rings (SSSR count). The van der Waals surface area contributed by atoms with Gasteiger partial charge >= 0.3 is 0 Å². The van der Waals surface area contributed by atoms with Gasteiger partial charge in [0.05, 0.1) is 14.2 Å². The Labute approximate surface area is 157 Å². The van der Waals surface area contributed by atoms with E-state index in [1.807, 2.05) is 0 Å². The van der Waals surface area contributed by atoms with Gasteiger partial charge in [-0.25, -0.2) is 9.68 Å². The van der Waals surface area contributed by atoms with Crippen molar-refractivity contribution in [2.24, 2.45) is 0 Å². The van der Waals surface area contributed by atoms with E-state index in [9.17, 15) is 0 Å². The maximum Gasteiger partial charge on any atom is 0.224 e. The smallest absolute Gasteiger partial charge is 0.224 e. The molecule has 0 unspecified atom stereocenters. The van der Waals surface area contributed by atoms with Crippen molar-refractivity contribution in [1.29, 1.82) is 0 Å². The van der Waals surface area contributed by atoms with Gasteiger partial charge in [-0.15, -0.1) is 0 Å². The highest BCUT2D eigenvalue weighted by molar-refractivity contribution is 5.71. The van der Waals surface area contributed by atoms with E-state index in [0.717, 1.165) is 31.3 Å². The number of rotatable bonds is 10. The minimum atomic E-state index is 0.634. The highest BCUT2D eigenvalue weighted by Gasteiger charge is 2.34. The van der Waals surface area contributed by atoms with Gasteiger partial charge in [0.15, 0.2) is 0 Å². The molecule has 6 heteroatoms. The Balaban J connectivity index is 2.52. The summed E-state index contributed by atoms with van der Waals surface area (Å²) in [4.78, 5) is 20.9. The van der Waals surface area contributed by atoms with Crippen LogP contribution in [0, 0.1) is 0 Å². The molecule has 1 fully saturated rings. The van der Waals surface area contributed by atoms with Crippen molar-refractivity contribution >= 4 is 5.57 Å². The molecule has 26 heavy (non-hydrogen) atoms. The Kier molecular flexibility index (Phi) is 8.38. The first-order chi connectivity index (χ1) is 12.7. The Morgan fingerprint density at radius 3 is 2.15 bits per heavy atom. The Bertz CT molecular complexity index is 589. The molecule has 0 atom stereocenters. The maximum absolute atomic E-state index is 5.32. The van der Waals surface area contributed by atoms with E-state index < -0.39 is 0 Å². The summed E-state index contributed by atoms with van der Waals surface area (Å²) in [5, 5.41) is 2.52. The van der Waals surface area contributed by atoms with Gasteiger partial charge < -0.3 is 0 Å². The van der Waals surface area contributed by atoms with Crippen molar-refractivity contribution in [2.45, 2.75) is 65.7 Å². The quantitative estimate of drug-likeness (QED) is 0.431. The van der Waals surface area contributed by atoms with Crippen molar-refractivity contribution in [1.82, 2.24) is 10.5 Å². The third-order valence-electron chi connectivity index (χ3n) is 4.73. The van der Waals surface area contributed by atoms with Crippen molar-refractivity contribution < 1.29 is 19.7 Å². The first-order valence-corrected chi connectivity index (χ1v) is 9.59. The Morgan fingerprint density at radius 2 is 1.62 bits per heavy atom. The maximum atomic E-state index is 5.32. The Morgan fingerprint density at radius 1 is 0.923 bits per heavy atom. The number of benzene rings is 1. The molecule has 6 nitrogen and oxygen atoms in total. The third-order valence-corrected chi connectivity index (χ3v) is 4.73. The lowest BCUT2D eigenvalue weighted by atomic mass is 9.90. The normalized spacial score (nSPS) is 14.4. The molecule has 0 amide bonds. The highest BCUT2D eigenvalue weighted by atomic mass is 17.4. The monoisotopic (exact) mass is 364 g/mol. The van der Waals surface area contributed by atoms with Crippen LogP contribution in [0.1, 0.15) is 69.6 Å². The van der Waals surface area contributed by atoms with E-state index in [2.05, 4.69) is 39.0 Å². The molecule has 0 aromatic heterocycles. The summed E-state index contributed by atoms with van der Waals surface area (Å²) in [5.41, 5.74) is 5.03. The molecule has 1 heterocycles. The van der Waals surface area contributed by atoms with Gasteiger partial charge in [-0.05, 0) is 42.4 Å². The fraction of sp³-hybridized carbons (Fsp3) is 0.600. The molecule has 0 saturated carbocycles. The van der Waals surface area contributed by atoms with Gasteiger partial charge in [-0.2, -0.15) is 0 Å². The van der Waals surface area contributed by atoms with E-state index in [-0.39, 0.29) is 0 Å². The number of nitrogens with zero attached hydrogens (tertiary/aromatic N) is 2. The molecule has 0 spiro atoms. The summed E-state index contributed by atoms with van der Waals surface area (Å²) in [6, 6.07) is 6.48. The molecule has 1 aromatic rings. The molecule has 1 aromatic carbocycles. The SMILES string of the molecule is CCCCCCC(=C1N(OC)OON1OC)c1cccc(CC)c1CC. The lowest BCUT2D eigenvalue weighted by Crippen LogP contribution is -2.23. The lowest BCUT2D eigenvalue weighted by molar-refractivity contribution is -0.534. The summed E-state index contributed by atoms with van der Waals surface area (Å²) < 4.78 is 0. The number of aryl methyl sites for hydroxylation is 1. The number of allylic oxidation sites excluding steroid dienone is 1. The molecule has 0 bridgehead atoms. The molecule has 146 valence electrons. The largest absolute Gasteiger partial charge is 0.248 e. The number of hydrogen-bond acceptors (Lipinski definition) is 6. The number of hydrogen-bond donors (Lipinski definition) is 0. The van der Waals surface area contributed by atoms with Gasteiger partial charge in [0.25, 0.3) is 0 Å². The van der Waals surface area contributed by atoms with Crippen LogP contribution in [0.3, 0.4) is 0 Å². The second-order valence-corrected chi connectivity index (χ2v) is 6.29. The van der Waals surface area contributed by atoms with E-state index >= 15 is 0 Å². The lowest BCUT2D eigenvalue weighted by Gasteiger charge is -2.21. The summed E-state index contributed by atoms with van der Waals surface area (Å²) in [7, 11) is 3.08. The molecule has 0 N–H and O–H groups in total. The predicted molar refractivity (Wildman–Crippen MR) is 101 cm³/mol. The zero-order chi connectivity index (χ0) is 18.9. The van der Waals surface area contributed by atoms with Crippen LogP contribution >= 0.6 is 0 Å². The van der Waals surface area contributed by atoms with Gasteiger partial charge in [-0.1, -0.05) is 78.7 Å². The topological polar surface area (TPSA) is 43.4 Å². The average Bonchev–Trinajstić information content (AvgIpc) is 3.10. The summed E-state index contributed by atoms with van der Waals surface area (Å²) in [6.07, 6.45) is 7.57. The second kappa shape index (κ2) is 10.5. The minimum Gasteiger partial charge on any atom is -0.248 e. The van der Waals surface area contributed by atoms with Crippen molar-refractivity contribution in [3.63, 3.8) is 0 Å². The van der Waals surface area contributed by atoms with E-state index in [1.54, 1.807) is 14.2 Å². The van der Waals surface area contributed by atoms with Gasteiger partial charge in [-0.3, -0.25) is 0 Å². The number of unbranched alkanes of at least 4 members (excludes halogenated alkanes) is 3. The van der Waals surface area contributed by atoms with Crippen molar-refractivity contribution in [2.75, 3.05) is 14.2 Å². The molecule has 1 aliphatic heterocycles. The van der Waals surface area contributed by atoms with Crippen LogP contribution < -0.4 is 0 Å². The van der Waals surface area contributed by atoms with Gasteiger partial charge in [0, 0.05) is 5.57 Å². The average molecular weight is 364 g/mol. The first-order valence-electron chi connectivity index (χ1n) is 9.59. The van der Waals surface area contributed by atoms with Gasteiger partial charge in [0.2, 0.25) is 5.82 Å². The van der Waals surface area contributed by atoms with Gasteiger partial charge in [0.1, 0.15) is 0 Å². The second-order valence-electron chi connectivity index (χ2n) is 6.29. The first kappa shape index (κ1) is 20.7. The van der Waals surface area contributed by atoms with Crippen molar-refractivity contribution in [3.8, 4) is 0 Å². The van der Waals surface area contributed by atoms with Crippen LogP contribution in [0.25, 0.3) is 5.57 Å². The fourth-order valence-electron chi connectivity index (χ4n) is 3.41. The van der Waals surface area contributed by atoms with Crippen LogP contribution in [0.4, 0.5) is 0 Å². The van der Waals surface area contributed by atoms with Crippen LogP contribution in [0.15, 0.2) is 24.0 Å². The third kappa shape index (κ3) is 4.57. The standard InChI is InChI=1S/C20H32N2O4/c1-6-9-10-11-14-19(20-21(23-4)25-26-22(20)24-5)18-15-12-13-16(7-2)17(18)8-3/h12-13,15H,6-11,14H2,1-5H3.